The van der Waals surface area contributed by atoms with Gasteiger partial charge in [-0.3, -0.25) is 0 Å². The van der Waals surface area contributed by atoms with Crippen LogP contribution in [0.25, 0.3) is 0 Å². The average Bonchev–Trinajstić information content (AvgIpc) is 2.43. The molecule has 0 aliphatic carbocycles. The monoisotopic (exact) mass is 348 g/mol. The molecule has 0 atom stereocenters. The highest BCUT2D eigenvalue weighted by molar-refractivity contribution is 9.10. The number of anilines is 1. The van der Waals surface area contributed by atoms with Crippen molar-refractivity contribution in [1.82, 2.24) is 0 Å². The number of carbonyl (C=O) groups excluding carboxylic acids is 1. The van der Waals surface area contributed by atoms with Crippen molar-refractivity contribution in [3.05, 3.63) is 63.4 Å². The van der Waals surface area contributed by atoms with E-state index in [1.165, 1.54) is 24.3 Å². The SMILES string of the molecule is N#Cc1ccc(F)cc1COC(=O)c1cc(N)cc(Br)c1. The number of carbonyl (C=O) groups is 1. The molecule has 0 heterocycles. The molecular weight excluding hydrogens is 339 g/mol. The largest absolute Gasteiger partial charge is 0.457 e. The van der Waals surface area contributed by atoms with E-state index in [1.807, 2.05) is 6.07 Å². The van der Waals surface area contributed by atoms with E-state index in [1.54, 1.807) is 12.1 Å². The van der Waals surface area contributed by atoms with E-state index in [0.29, 0.717) is 15.7 Å². The summed E-state index contributed by atoms with van der Waals surface area (Å²) in [6.45, 7) is -0.189. The van der Waals surface area contributed by atoms with Crippen molar-refractivity contribution in [3.8, 4) is 6.07 Å². The lowest BCUT2D eigenvalue weighted by atomic mass is 10.1. The van der Waals surface area contributed by atoms with E-state index in [4.69, 9.17) is 15.7 Å². The smallest absolute Gasteiger partial charge is 0.338 e. The Balaban J connectivity index is 2.15. The average molecular weight is 349 g/mol. The van der Waals surface area contributed by atoms with Crippen LogP contribution in [0.1, 0.15) is 21.5 Å². The summed E-state index contributed by atoms with van der Waals surface area (Å²) < 4.78 is 18.9. The molecule has 4 nitrogen and oxygen atoms in total. The maximum absolute atomic E-state index is 13.2. The van der Waals surface area contributed by atoms with Crippen LogP contribution < -0.4 is 5.73 Å². The number of nitrogens with two attached hydrogens (primary N) is 1. The fraction of sp³-hybridized carbons (Fsp3) is 0.0667. The molecule has 0 unspecified atom stereocenters. The summed E-state index contributed by atoms with van der Waals surface area (Å²) in [7, 11) is 0. The molecule has 0 radical (unpaired) electrons. The molecule has 0 saturated heterocycles. The number of nitrogen functional groups attached to an aromatic ring is 1. The van der Waals surface area contributed by atoms with Gasteiger partial charge >= 0.3 is 5.97 Å². The van der Waals surface area contributed by atoms with Crippen LogP contribution in [0.4, 0.5) is 10.1 Å². The van der Waals surface area contributed by atoms with E-state index < -0.39 is 11.8 Å². The number of hydrogen-bond acceptors (Lipinski definition) is 4. The van der Waals surface area contributed by atoms with Gasteiger partial charge < -0.3 is 10.5 Å². The second-order valence-corrected chi connectivity index (χ2v) is 5.18. The van der Waals surface area contributed by atoms with Gasteiger partial charge in [0.05, 0.1) is 17.2 Å². The van der Waals surface area contributed by atoms with Crippen molar-refractivity contribution < 1.29 is 13.9 Å². The molecule has 0 bridgehead atoms. The first-order valence-electron chi connectivity index (χ1n) is 5.91. The molecule has 0 aromatic heterocycles. The molecule has 0 fully saturated rings. The lowest BCUT2D eigenvalue weighted by Gasteiger charge is -2.07. The fourth-order valence-electron chi connectivity index (χ4n) is 1.75. The molecule has 0 amide bonds. The van der Waals surface area contributed by atoms with E-state index >= 15 is 0 Å². The molecule has 2 rings (SSSR count). The van der Waals surface area contributed by atoms with Crippen LogP contribution in [0.3, 0.4) is 0 Å². The van der Waals surface area contributed by atoms with Crippen LogP contribution in [0, 0.1) is 17.1 Å². The molecule has 21 heavy (non-hydrogen) atoms. The standard InChI is InChI=1S/C15H10BrFN2O2/c16-12-3-10(5-14(19)6-12)15(20)21-8-11-4-13(17)2-1-9(11)7-18/h1-6H,8,19H2. The van der Waals surface area contributed by atoms with Crippen LogP contribution in [0.5, 0.6) is 0 Å². The van der Waals surface area contributed by atoms with Crippen molar-refractivity contribution in [3.63, 3.8) is 0 Å². The highest BCUT2D eigenvalue weighted by Crippen LogP contribution is 2.19. The highest BCUT2D eigenvalue weighted by Gasteiger charge is 2.11. The Morgan fingerprint density at radius 1 is 1.33 bits per heavy atom. The van der Waals surface area contributed by atoms with Crippen molar-refractivity contribution in [2.24, 2.45) is 0 Å². The molecule has 2 aromatic rings. The van der Waals surface area contributed by atoms with Crippen molar-refractivity contribution in [2.45, 2.75) is 6.61 Å². The Hall–Kier alpha value is -2.39. The molecule has 0 saturated carbocycles. The summed E-state index contributed by atoms with van der Waals surface area (Å²) in [6.07, 6.45) is 0. The first-order valence-corrected chi connectivity index (χ1v) is 6.70. The second kappa shape index (κ2) is 6.37. The Bertz CT molecular complexity index is 721. The van der Waals surface area contributed by atoms with Crippen molar-refractivity contribution in [1.29, 1.82) is 5.26 Å². The second-order valence-electron chi connectivity index (χ2n) is 4.26. The number of benzene rings is 2. The minimum absolute atomic E-state index is 0.189. The highest BCUT2D eigenvalue weighted by atomic mass is 79.9. The summed E-state index contributed by atoms with van der Waals surface area (Å²) in [5, 5.41) is 8.93. The quantitative estimate of drug-likeness (QED) is 0.681. The van der Waals surface area contributed by atoms with Gasteiger partial charge in [-0.2, -0.15) is 5.26 Å². The van der Waals surface area contributed by atoms with Gasteiger partial charge in [-0.1, -0.05) is 15.9 Å². The van der Waals surface area contributed by atoms with Gasteiger partial charge in [-0.25, -0.2) is 9.18 Å². The van der Waals surface area contributed by atoms with Gasteiger partial charge in [0.2, 0.25) is 0 Å². The summed E-state index contributed by atoms with van der Waals surface area (Å²) in [4.78, 5) is 11.9. The number of ether oxygens (including phenoxy) is 1. The Morgan fingerprint density at radius 3 is 2.76 bits per heavy atom. The maximum Gasteiger partial charge on any atom is 0.338 e. The van der Waals surface area contributed by atoms with E-state index in [9.17, 15) is 9.18 Å². The Kier molecular flexibility index (Phi) is 4.55. The number of rotatable bonds is 3. The van der Waals surface area contributed by atoms with Gasteiger partial charge in [0, 0.05) is 15.7 Å². The van der Waals surface area contributed by atoms with Crippen molar-refractivity contribution >= 4 is 27.6 Å². The molecule has 6 heteroatoms. The first kappa shape index (κ1) is 15.0. The van der Waals surface area contributed by atoms with Gasteiger partial charge in [0.15, 0.2) is 0 Å². The van der Waals surface area contributed by atoms with Gasteiger partial charge in [0.25, 0.3) is 0 Å². The van der Waals surface area contributed by atoms with Crippen LogP contribution in [0.2, 0.25) is 0 Å². The Labute approximate surface area is 129 Å². The molecule has 106 valence electrons. The number of hydrogen-bond donors (Lipinski definition) is 1. The molecule has 2 N–H and O–H groups in total. The van der Waals surface area contributed by atoms with E-state index in [-0.39, 0.29) is 17.7 Å². The fourth-order valence-corrected chi connectivity index (χ4v) is 2.26. The van der Waals surface area contributed by atoms with E-state index in [0.717, 1.165) is 0 Å². The number of halogens is 2. The minimum Gasteiger partial charge on any atom is -0.457 e. The molecule has 0 spiro atoms. The van der Waals surface area contributed by atoms with Crippen LogP contribution in [-0.2, 0) is 11.3 Å². The lowest BCUT2D eigenvalue weighted by molar-refractivity contribution is 0.0472. The first-order chi connectivity index (χ1) is 9.99. The summed E-state index contributed by atoms with van der Waals surface area (Å²) >= 11 is 3.23. The maximum atomic E-state index is 13.2. The van der Waals surface area contributed by atoms with Crippen LogP contribution >= 0.6 is 15.9 Å². The predicted molar refractivity (Wildman–Crippen MR) is 78.8 cm³/mol. The molecule has 0 aliphatic heterocycles. The predicted octanol–water partition coefficient (Wildman–Crippen LogP) is 3.40. The summed E-state index contributed by atoms with van der Waals surface area (Å²) in [5.41, 5.74) is 6.91. The summed E-state index contributed by atoms with van der Waals surface area (Å²) in [5.74, 6) is -1.09. The van der Waals surface area contributed by atoms with Crippen molar-refractivity contribution in [2.75, 3.05) is 5.73 Å². The van der Waals surface area contributed by atoms with Gasteiger partial charge in [-0.15, -0.1) is 0 Å². The third-order valence-electron chi connectivity index (χ3n) is 2.70. The lowest BCUT2D eigenvalue weighted by Crippen LogP contribution is -2.07. The normalized spacial score (nSPS) is 9.95. The van der Waals surface area contributed by atoms with E-state index in [2.05, 4.69) is 15.9 Å². The van der Waals surface area contributed by atoms with Gasteiger partial charge in [-0.05, 0) is 36.4 Å². The molecule has 2 aromatic carbocycles. The van der Waals surface area contributed by atoms with Gasteiger partial charge in [0.1, 0.15) is 12.4 Å². The van der Waals surface area contributed by atoms with Crippen LogP contribution in [-0.4, -0.2) is 5.97 Å². The zero-order valence-corrected chi connectivity index (χ0v) is 12.4. The zero-order valence-electron chi connectivity index (χ0n) is 10.8. The third kappa shape index (κ3) is 3.80. The Morgan fingerprint density at radius 2 is 2.10 bits per heavy atom. The molecular formula is C15H10BrFN2O2. The molecule has 0 aliphatic rings. The number of nitriles is 1. The summed E-state index contributed by atoms with van der Waals surface area (Å²) in [6, 6.07) is 10.3. The number of nitrogens with zero attached hydrogens (tertiary/aromatic N) is 1. The van der Waals surface area contributed by atoms with Crippen LogP contribution in [0.15, 0.2) is 40.9 Å². The zero-order chi connectivity index (χ0) is 15.4. The number of esters is 1. The topological polar surface area (TPSA) is 76.1 Å². The minimum atomic E-state index is -0.601. The third-order valence-corrected chi connectivity index (χ3v) is 3.16.